The van der Waals surface area contributed by atoms with Gasteiger partial charge in [-0.2, -0.15) is 0 Å². The Morgan fingerprint density at radius 1 is 1.29 bits per heavy atom. The Hall–Kier alpha value is -1.84. The Bertz CT molecular complexity index is 360. The number of methoxy groups -OCH3 is 1. The van der Waals surface area contributed by atoms with E-state index < -0.39 is 11.9 Å². The van der Waals surface area contributed by atoms with E-state index in [2.05, 4.69) is 10.1 Å². The van der Waals surface area contributed by atoms with Crippen molar-refractivity contribution >= 4 is 17.6 Å². The van der Waals surface area contributed by atoms with E-state index in [0.29, 0.717) is 5.69 Å². The molecule has 0 atom stereocenters. The Morgan fingerprint density at radius 3 is 2.50 bits per heavy atom. The molecule has 0 aliphatic rings. The van der Waals surface area contributed by atoms with Crippen LogP contribution >= 0.6 is 0 Å². The smallest absolute Gasteiger partial charge is 0.396 e. The van der Waals surface area contributed by atoms with Crippen LogP contribution in [0.15, 0.2) is 24.3 Å². The van der Waals surface area contributed by atoms with Gasteiger partial charge in [-0.25, -0.2) is 4.79 Å². The van der Waals surface area contributed by atoms with Crippen LogP contribution in [-0.4, -0.2) is 19.0 Å². The number of hydrogen-bond acceptors (Lipinski definition) is 3. The van der Waals surface area contributed by atoms with Crippen molar-refractivity contribution in [3.63, 3.8) is 0 Å². The summed E-state index contributed by atoms with van der Waals surface area (Å²) in [5.74, 6) is -1.66. The lowest BCUT2D eigenvalue weighted by Crippen LogP contribution is -2.24. The fourth-order valence-corrected chi connectivity index (χ4v) is 0.979. The van der Waals surface area contributed by atoms with Gasteiger partial charge in [0.15, 0.2) is 0 Å². The highest BCUT2D eigenvalue weighted by Crippen LogP contribution is 2.12. The number of benzene rings is 1. The lowest BCUT2D eigenvalue weighted by Gasteiger charge is -2.05. The number of ether oxygens (including phenoxy) is 1. The van der Waals surface area contributed by atoms with Crippen LogP contribution in [0.3, 0.4) is 0 Å². The summed E-state index contributed by atoms with van der Waals surface area (Å²) in [6.07, 6.45) is 0. The SMILES string of the molecule is COC(=O)C(=O)Nc1ccccc1C. The van der Waals surface area contributed by atoms with Crippen LogP contribution in [0.2, 0.25) is 0 Å². The van der Waals surface area contributed by atoms with Crippen molar-refractivity contribution in [2.75, 3.05) is 12.4 Å². The van der Waals surface area contributed by atoms with Gasteiger partial charge in [-0.15, -0.1) is 0 Å². The van der Waals surface area contributed by atoms with Gasteiger partial charge in [-0.1, -0.05) is 18.2 Å². The second-order valence-corrected chi connectivity index (χ2v) is 2.76. The van der Waals surface area contributed by atoms with E-state index >= 15 is 0 Å². The minimum absolute atomic E-state index is 0.614. The molecule has 4 heteroatoms. The summed E-state index contributed by atoms with van der Waals surface area (Å²) in [6.45, 7) is 1.84. The maximum Gasteiger partial charge on any atom is 0.396 e. The summed E-state index contributed by atoms with van der Waals surface area (Å²) in [6, 6.07) is 7.19. The van der Waals surface area contributed by atoms with Crippen LogP contribution in [0.4, 0.5) is 5.69 Å². The maximum absolute atomic E-state index is 11.1. The van der Waals surface area contributed by atoms with Gasteiger partial charge in [0.1, 0.15) is 0 Å². The average molecular weight is 193 g/mol. The molecule has 0 saturated heterocycles. The van der Waals surface area contributed by atoms with Crippen molar-refractivity contribution in [2.24, 2.45) is 0 Å². The lowest BCUT2D eigenvalue weighted by atomic mass is 10.2. The Morgan fingerprint density at radius 2 is 1.93 bits per heavy atom. The van der Waals surface area contributed by atoms with Crippen LogP contribution in [0, 0.1) is 6.92 Å². The standard InChI is InChI=1S/C10H11NO3/c1-7-5-3-4-6-8(7)11-9(12)10(13)14-2/h3-6H,1-2H3,(H,11,12). The highest BCUT2D eigenvalue weighted by Gasteiger charge is 2.13. The maximum atomic E-state index is 11.1. The number of esters is 1. The topological polar surface area (TPSA) is 55.4 Å². The molecule has 1 rings (SSSR count). The van der Waals surface area contributed by atoms with Crippen LogP contribution < -0.4 is 5.32 Å². The zero-order chi connectivity index (χ0) is 10.6. The molecule has 0 unspecified atom stereocenters. The minimum atomic E-state index is -0.895. The lowest BCUT2D eigenvalue weighted by molar-refractivity contribution is -0.150. The summed E-state index contributed by atoms with van der Waals surface area (Å²) in [5.41, 5.74) is 1.51. The minimum Gasteiger partial charge on any atom is -0.462 e. The van der Waals surface area contributed by atoms with E-state index in [1.807, 2.05) is 19.1 Å². The van der Waals surface area contributed by atoms with Gasteiger partial charge < -0.3 is 10.1 Å². The fourth-order valence-electron chi connectivity index (χ4n) is 0.979. The molecule has 1 aromatic rings. The first-order valence-corrected chi connectivity index (χ1v) is 4.10. The zero-order valence-electron chi connectivity index (χ0n) is 8.03. The Balaban J connectivity index is 2.75. The van der Waals surface area contributed by atoms with E-state index in [1.54, 1.807) is 12.1 Å². The molecule has 0 spiro atoms. The Labute approximate surface area is 81.9 Å². The first kappa shape index (κ1) is 10.2. The van der Waals surface area contributed by atoms with Gasteiger partial charge in [-0.3, -0.25) is 4.79 Å². The number of carbonyl (C=O) groups excluding carboxylic acids is 2. The molecule has 4 nitrogen and oxygen atoms in total. The second kappa shape index (κ2) is 4.41. The summed E-state index contributed by atoms with van der Waals surface area (Å²) in [5, 5.41) is 2.45. The van der Waals surface area contributed by atoms with Gasteiger partial charge in [0.2, 0.25) is 0 Å². The molecule has 0 aromatic heterocycles. The van der Waals surface area contributed by atoms with Gasteiger partial charge >= 0.3 is 11.9 Å². The fraction of sp³-hybridized carbons (Fsp3) is 0.200. The molecule has 0 radical (unpaired) electrons. The molecule has 0 heterocycles. The first-order valence-electron chi connectivity index (χ1n) is 4.10. The Kier molecular flexibility index (Phi) is 3.23. The van der Waals surface area contributed by atoms with Crippen molar-refractivity contribution in [3.8, 4) is 0 Å². The van der Waals surface area contributed by atoms with Crippen LogP contribution in [-0.2, 0) is 14.3 Å². The summed E-state index contributed by atoms with van der Waals surface area (Å²) in [4.78, 5) is 21.9. The monoisotopic (exact) mass is 193 g/mol. The summed E-state index contributed by atoms with van der Waals surface area (Å²) >= 11 is 0. The van der Waals surface area contributed by atoms with Gasteiger partial charge in [0.25, 0.3) is 0 Å². The highest BCUT2D eigenvalue weighted by molar-refractivity contribution is 6.37. The van der Waals surface area contributed by atoms with Crippen molar-refractivity contribution in [3.05, 3.63) is 29.8 Å². The van der Waals surface area contributed by atoms with E-state index in [4.69, 9.17) is 0 Å². The van der Waals surface area contributed by atoms with Crippen LogP contribution in [0.1, 0.15) is 5.56 Å². The number of carbonyl (C=O) groups is 2. The molecule has 0 fully saturated rings. The van der Waals surface area contributed by atoms with E-state index in [-0.39, 0.29) is 0 Å². The molecule has 1 aromatic carbocycles. The van der Waals surface area contributed by atoms with Crippen molar-refractivity contribution in [2.45, 2.75) is 6.92 Å². The molecule has 1 N–H and O–H groups in total. The molecule has 74 valence electrons. The van der Waals surface area contributed by atoms with Gasteiger partial charge in [0, 0.05) is 5.69 Å². The number of rotatable bonds is 1. The third-order valence-electron chi connectivity index (χ3n) is 1.76. The van der Waals surface area contributed by atoms with Crippen LogP contribution in [0.5, 0.6) is 0 Å². The molecule has 0 saturated carbocycles. The normalized spacial score (nSPS) is 9.29. The van der Waals surface area contributed by atoms with Crippen molar-refractivity contribution in [1.82, 2.24) is 0 Å². The van der Waals surface area contributed by atoms with Gasteiger partial charge in [-0.05, 0) is 18.6 Å². The third-order valence-corrected chi connectivity index (χ3v) is 1.76. The number of anilines is 1. The predicted molar refractivity (Wildman–Crippen MR) is 51.8 cm³/mol. The molecule has 1 amide bonds. The molecule has 0 bridgehead atoms. The number of hydrogen-bond donors (Lipinski definition) is 1. The molecular formula is C10H11NO3. The van der Waals surface area contributed by atoms with Crippen molar-refractivity contribution in [1.29, 1.82) is 0 Å². The largest absolute Gasteiger partial charge is 0.462 e. The molecule has 0 aliphatic carbocycles. The molecular weight excluding hydrogens is 182 g/mol. The van der Waals surface area contributed by atoms with Crippen molar-refractivity contribution < 1.29 is 14.3 Å². The van der Waals surface area contributed by atoms with Gasteiger partial charge in [0.05, 0.1) is 7.11 Å². The summed E-state index contributed by atoms with van der Waals surface area (Å²) in [7, 11) is 1.17. The molecule has 14 heavy (non-hydrogen) atoms. The number of amides is 1. The number of para-hydroxylation sites is 1. The third kappa shape index (κ3) is 2.32. The number of aryl methyl sites for hydroxylation is 1. The first-order chi connectivity index (χ1) is 6.65. The zero-order valence-corrected chi connectivity index (χ0v) is 8.03. The average Bonchev–Trinajstić information content (AvgIpc) is 2.20. The van der Waals surface area contributed by atoms with E-state index in [9.17, 15) is 9.59 Å². The molecule has 0 aliphatic heterocycles. The number of nitrogens with one attached hydrogen (secondary N) is 1. The summed E-state index contributed by atoms with van der Waals surface area (Å²) < 4.78 is 4.27. The quantitative estimate of drug-likeness (QED) is 0.537. The van der Waals surface area contributed by atoms with Crippen LogP contribution in [0.25, 0.3) is 0 Å². The highest BCUT2D eigenvalue weighted by atomic mass is 16.5. The van der Waals surface area contributed by atoms with E-state index in [1.165, 1.54) is 7.11 Å². The predicted octanol–water partition coefficient (Wildman–Crippen LogP) is 1.11. The second-order valence-electron chi connectivity index (χ2n) is 2.76. The van der Waals surface area contributed by atoms with E-state index in [0.717, 1.165) is 5.56 Å².